The zero-order chi connectivity index (χ0) is 20.0. The highest BCUT2D eigenvalue weighted by Crippen LogP contribution is 2.29. The standard InChI is InChI=1S/C21H26N2O4S/c1-27-19-12-11-18(16-20(19)28(25,26)23-14-5-6-15-23)21(24)22-13-7-10-17-8-3-2-4-9-17/h2-4,8-9,11-12,16H,5-7,10,13-15H2,1H3,(H,22,24). The molecule has 28 heavy (non-hydrogen) atoms. The first-order valence-electron chi connectivity index (χ1n) is 9.52. The zero-order valence-electron chi connectivity index (χ0n) is 16.1. The first-order chi connectivity index (χ1) is 13.5. The number of amides is 1. The molecule has 1 amide bonds. The molecule has 0 aromatic heterocycles. The summed E-state index contributed by atoms with van der Waals surface area (Å²) < 4.78 is 32.5. The number of rotatable bonds is 8. The Balaban J connectivity index is 1.67. The average Bonchev–Trinajstić information content (AvgIpc) is 3.27. The number of aryl methyl sites for hydroxylation is 1. The summed E-state index contributed by atoms with van der Waals surface area (Å²) in [6, 6.07) is 14.6. The molecule has 0 spiro atoms. The fourth-order valence-corrected chi connectivity index (χ4v) is 5.03. The van der Waals surface area contributed by atoms with Crippen LogP contribution < -0.4 is 10.1 Å². The molecule has 1 aliphatic heterocycles. The molecule has 1 saturated heterocycles. The van der Waals surface area contributed by atoms with Crippen LogP contribution in [0.3, 0.4) is 0 Å². The summed E-state index contributed by atoms with van der Waals surface area (Å²) in [4.78, 5) is 12.5. The second-order valence-corrected chi connectivity index (χ2v) is 8.73. The predicted molar refractivity (Wildman–Crippen MR) is 108 cm³/mol. The molecular formula is C21H26N2O4S. The molecule has 0 bridgehead atoms. The van der Waals surface area contributed by atoms with E-state index in [2.05, 4.69) is 17.4 Å². The van der Waals surface area contributed by atoms with Crippen molar-refractivity contribution in [3.63, 3.8) is 0 Å². The molecule has 0 radical (unpaired) electrons. The highest BCUT2D eigenvalue weighted by atomic mass is 32.2. The van der Waals surface area contributed by atoms with Crippen molar-refractivity contribution in [1.82, 2.24) is 9.62 Å². The van der Waals surface area contributed by atoms with E-state index in [9.17, 15) is 13.2 Å². The molecule has 2 aromatic rings. The number of carbonyl (C=O) groups excluding carboxylic acids is 1. The van der Waals surface area contributed by atoms with Crippen molar-refractivity contribution in [3.8, 4) is 5.75 Å². The van der Waals surface area contributed by atoms with Crippen molar-refractivity contribution in [3.05, 3.63) is 59.7 Å². The normalized spacial score (nSPS) is 14.8. The van der Waals surface area contributed by atoms with Crippen molar-refractivity contribution in [2.75, 3.05) is 26.7 Å². The maximum atomic E-state index is 12.9. The first-order valence-corrected chi connectivity index (χ1v) is 11.0. The van der Waals surface area contributed by atoms with Gasteiger partial charge in [-0.05, 0) is 49.4 Å². The number of benzene rings is 2. The summed E-state index contributed by atoms with van der Waals surface area (Å²) in [5, 5.41) is 2.87. The van der Waals surface area contributed by atoms with Crippen LogP contribution >= 0.6 is 0 Å². The van der Waals surface area contributed by atoms with Gasteiger partial charge in [-0.1, -0.05) is 30.3 Å². The number of hydrogen-bond donors (Lipinski definition) is 1. The van der Waals surface area contributed by atoms with E-state index in [0.29, 0.717) is 25.2 Å². The Bertz CT molecular complexity index is 907. The number of nitrogens with zero attached hydrogens (tertiary/aromatic N) is 1. The zero-order valence-corrected chi connectivity index (χ0v) is 16.9. The van der Waals surface area contributed by atoms with Crippen LogP contribution in [0.5, 0.6) is 5.75 Å². The van der Waals surface area contributed by atoms with Gasteiger partial charge in [0.05, 0.1) is 7.11 Å². The molecule has 0 atom stereocenters. The minimum Gasteiger partial charge on any atom is -0.495 e. The third kappa shape index (κ3) is 4.72. The van der Waals surface area contributed by atoms with Crippen molar-refractivity contribution >= 4 is 15.9 Å². The van der Waals surface area contributed by atoms with Crippen LogP contribution in [0, 0.1) is 0 Å². The fourth-order valence-electron chi connectivity index (χ4n) is 3.33. The monoisotopic (exact) mass is 402 g/mol. The minimum absolute atomic E-state index is 0.0498. The Morgan fingerprint density at radius 2 is 1.82 bits per heavy atom. The molecule has 0 unspecified atom stereocenters. The van der Waals surface area contributed by atoms with Crippen molar-refractivity contribution < 1.29 is 17.9 Å². The van der Waals surface area contributed by atoms with Gasteiger partial charge >= 0.3 is 0 Å². The predicted octanol–water partition coefficient (Wildman–Crippen LogP) is 2.84. The molecule has 0 saturated carbocycles. The molecule has 2 aromatic carbocycles. The van der Waals surface area contributed by atoms with Crippen LogP contribution in [0.25, 0.3) is 0 Å². The van der Waals surface area contributed by atoms with Crippen LogP contribution in [0.1, 0.15) is 35.2 Å². The van der Waals surface area contributed by atoms with E-state index in [-0.39, 0.29) is 16.6 Å². The Morgan fingerprint density at radius 1 is 1.11 bits per heavy atom. The lowest BCUT2D eigenvalue weighted by atomic mass is 10.1. The topological polar surface area (TPSA) is 75.7 Å². The van der Waals surface area contributed by atoms with E-state index >= 15 is 0 Å². The third-order valence-electron chi connectivity index (χ3n) is 4.88. The molecule has 3 rings (SSSR count). The Kier molecular flexibility index (Phi) is 6.70. The quantitative estimate of drug-likeness (QED) is 0.689. The molecular weight excluding hydrogens is 376 g/mol. The van der Waals surface area contributed by atoms with Crippen LogP contribution in [-0.4, -0.2) is 45.4 Å². The third-order valence-corrected chi connectivity index (χ3v) is 6.80. The Morgan fingerprint density at radius 3 is 2.50 bits per heavy atom. The summed E-state index contributed by atoms with van der Waals surface area (Å²) in [5.74, 6) is -0.0267. The Labute approximate surface area is 166 Å². The highest BCUT2D eigenvalue weighted by Gasteiger charge is 2.30. The lowest BCUT2D eigenvalue weighted by Crippen LogP contribution is -2.29. The number of hydrogen-bond acceptors (Lipinski definition) is 4. The van der Waals surface area contributed by atoms with Gasteiger partial charge in [0.15, 0.2) is 0 Å². The molecule has 1 heterocycles. The summed E-state index contributed by atoms with van der Waals surface area (Å²) in [6.45, 7) is 1.52. The number of carbonyl (C=O) groups is 1. The Hall–Kier alpha value is -2.38. The smallest absolute Gasteiger partial charge is 0.251 e. The number of nitrogens with one attached hydrogen (secondary N) is 1. The van der Waals surface area contributed by atoms with E-state index in [4.69, 9.17) is 4.74 Å². The average molecular weight is 403 g/mol. The van der Waals surface area contributed by atoms with E-state index in [0.717, 1.165) is 25.7 Å². The van der Waals surface area contributed by atoms with Crippen LogP contribution in [0.4, 0.5) is 0 Å². The maximum absolute atomic E-state index is 12.9. The van der Waals surface area contributed by atoms with Gasteiger partial charge in [0.1, 0.15) is 10.6 Å². The van der Waals surface area contributed by atoms with Gasteiger partial charge in [0, 0.05) is 25.2 Å². The van der Waals surface area contributed by atoms with Crippen molar-refractivity contribution in [2.24, 2.45) is 0 Å². The van der Waals surface area contributed by atoms with Crippen LogP contribution in [-0.2, 0) is 16.4 Å². The molecule has 1 aliphatic rings. The summed E-state index contributed by atoms with van der Waals surface area (Å²) in [6.07, 6.45) is 3.38. The van der Waals surface area contributed by atoms with Crippen LogP contribution in [0.2, 0.25) is 0 Å². The summed E-state index contributed by atoms with van der Waals surface area (Å²) in [7, 11) is -2.24. The highest BCUT2D eigenvalue weighted by molar-refractivity contribution is 7.89. The van der Waals surface area contributed by atoms with Crippen LogP contribution in [0.15, 0.2) is 53.4 Å². The van der Waals surface area contributed by atoms with Crippen molar-refractivity contribution in [2.45, 2.75) is 30.6 Å². The molecule has 6 nitrogen and oxygen atoms in total. The molecule has 0 aliphatic carbocycles. The molecule has 150 valence electrons. The van der Waals surface area contributed by atoms with Gasteiger partial charge in [-0.25, -0.2) is 8.42 Å². The summed E-state index contributed by atoms with van der Waals surface area (Å²) in [5.41, 5.74) is 1.54. The van der Waals surface area contributed by atoms with Crippen molar-refractivity contribution in [1.29, 1.82) is 0 Å². The minimum atomic E-state index is -3.67. The van der Waals surface area contributed by atoms with Gasteiger partial charge in [0.25, 0.3) is 5.91 Å². The van der Waals surface area contributed by atoms with Gasteiger partial charge in [-0.15, -0.1) is 0 Å². The summed E-state index contributed by atoms with van der Waals surface area (Å²) >= 11 is 0. The number of sulfonamides is 1. The van der Waals surface area contributed by atoms with Gasteiger partial charge in [0.2, 0.25) is 10.0 Å². The molecule has 1 N–H and O–H groups in total. The number of ether oxygens (including phenoxy) is 1. The second kappa shape index (κ2) is 9.21. The lowest BCUT2D eigenvalue weighted by molar-refractivity contribution is 0.0953. The van der Waals surface area contributed by atoms with E-state index in [1.54, 1.807) is 12.1 Å². The van der Waals surface area contributed by atoms with Gasteiger partial charge in [-0.2, -0.15) is 4.31 Å². The first kappa shape index (κ1) is 20.4. The van der Waals surface area contributed by atoms with Gasteiger partial charge in [-0.3, -0.25) is 4.79 Å². The largest absolute Gasteiger partial charge is 0.495 e. The number of methoxy groups -OCH3 is 1. The SMILES string of the molecule is COc1ccc(C(=O)NCCCc2ccccc2)cc1S(=O)(=O)N1CCCC1. The maximum Gasteiger partial charge on any atom is 0.251 e. The van der Waals surface area contributed by atoms with E-state index in [1.165, 1.54) is 23.0 Å². The molecule has 7 heteroatoms. The lowest BCUT2D eigenvalue weighted by Gasteiger charge is -2.18. The van der Waals surface area contributed by atoms with E-state index in [1.807, 2.05) is 18.2 Å². The van der Waals surface area contributed by atoms with E-state index < -0.39 is 10.0 Å². The van der Waals surface area contributed by atoms with Gasteiger partial charge < -0.3 is 10.1 Å². The molecule has 1 fully saturated rings. The fraction of sp³-hybridized carbons (Fsp3) is 0.381. The second-order valence-electron chi connectivity index (χ2n) is 6.82.